The number of nitrogens with one attached hydrogen (secondary N) is 1. The Morgan fingerprint density at radius 2 is 1.56 bits per heavy atom. The van der Waals surface area contributed by atoms with Crippen LogP contribution in [0, 0.1) is 0 Å². The Balaban J connectivity index is 0.00000156. The van der Waals surface area contributed by atoms with Crippen LogP contribution in [0.5, 0.6) is 0 Å². The smallest absolute Gasteiger partial charge is 0.0963 e. The molecule has 3 nitrogen and oxygen atoms in total. The first-order chi connectivity index (χ1) is 11.4. The lowest BCUT2D eigenvalue weighted by Gasteiger charge is -2.14. The van der Waals surface area contributed by atoms with Crippen LogP contribution < -0.4 is 5.32 Å². The molecule has 2 aromatic rings. The summed E-state index contributed by atoms with van der Waals surface area (Å²) in [6.07, 6.45) is 7.33. The third-order valence-electron chi connectivity index (χ3n) is 4.45. The van der Waals surface area contributed by atoms with E-state index in [4.69, 9.17) is 4.99 Å². The summed E-state index contributed by atoms with van der Waals surface area (Å²) < 4.78 is 0. The van der Waals surface area contributed by atoms with E-state index in [0.717, 1.165) is 25.9 Å². The second-order valence-corrected chi connectivity index (χ2v) is 6.19. The highest BCUT2D eigenvalue weighted by Crippen LogP contribution is 2.23. The van der Waals surface area contributed by atoms with Crippen molar-refractivity contribution in [3.05, 3.63) is 60.2 Å². The Labute approximate surface area is 157 Å². The van der Waals surface area contributed by atoms with Gasteiger partial charge < -0.3 is 10.8 Å². The number of amidine groups is 1. The number of hydrogen-bond donors (Lipinski definition) is 1. The van der Waals surface area contributed by atoms with Gasteiger partial charge in [0.1, 0.15) is 0 Å². The van der Waals surface area contributed by atoms with Gasteiger partial charge in [-0.2, -0.15) is 0 Å². The van der Waals surface area contributed by atoms with E-state index >= 15 is 0 Å². The molecule has 2 aromatic carbocycles. The fourth-order valence-corrected chi connectivity index (χ4v) is 3.17. The molecule has 0 saturated heterocycles. The summed E-state index contributed by atoms with van der Waals surface area (Å²) in [6, 6.07) is 19.4. The van der Waals surface area contributed by atoms with Crippen LogP contribution in [0.15, 0.2) is 59.6 Å². The average molecular weight is 361 g/mol. The van der Waals surface area contributed by atoms with E-state index in [1.54, 1.807) is 0 Å². The Morgan fingerprint density at radius 3 is 2.40 bits per heavy atom. The maximum atomic E-state index is 4.70. The molecule has 0 saturated carbocycles. The summed E-state index contributed by atoms with van der Waals surface area (Å²) in [5.74, 6) is 1.21. The molecule has 0 radical (unpaired) electrons. The summed E-state index contributed by atoms with van der Waals surface area (Å²) in [5, 5.41) is 3.57. The van der Waals surface area contributed by atoms with Crippen molar-refractivity contribution in [2.75, 3.05) is 13.1 Å². The van der Waals surface area contributed by atoms with Crippen LogP contribution in [-0.4, -0.2) is 24.4 Å². The molecule has 4 heteroatoms. The highest BCUT2D eigenvalue weighted by Gasteiger charge is 2.06. The van der Waals surface area contributed by atoms with E-state index in [0.29, 0.717) is 0 Å². The summed E-state index contributed by atoms with van der Waals surface area (Å²) in [5.41, 5.74) is 4.04. The van der Waals surface area contributed by atoms with Gasteiger partial charge in [0.2, 0.25) is 0 Å². The van der Waals surface area contributed by atoms with Crippen LogP contribution in [0.25, 0.3) is 11.1 Å². The molecule has 0 aliphatic carbocycles. The third-order valence-corrected chi connectivity index (χ3v) is 4.45. The molecule has 1 aliphatic rings. The van der Waals surface area contributed by atoms with Gasteiger partial charge in [-0.05, 0) is 36.0 Å². The number of halogens is 1. The molecule has 136 valence electrons. The maximum Gasteiger partial charge on any atom is 0.0963 e. The molecule has 0 spiro atoms. The van der Waals surface area contributed by atoms with Gasteiger partial charge in [0.05, 0.1) is 5.84 Å². The van der Waals surface area contributed by atoms with E-state index < -0.39 is 0 Å². The SMILES string of the molecule is Cl.O.c1ccc(-c2ccccc2CCNC2=NCCCCCC2)cc1. The van der Waals surface area contributed by atoms with E-state index in [2.05, 4.69) is 59.9 Å². The van der Waals surface area contributed by atoms with Crippen LogP contribution in [-0.2, 0) is 6.42 Å². The van der Waals surface area contributed by atoms with E-state index in [1.807, 2.05) is 0 Å². The molecule has 0 fully saturated rings. The van der Waals surface area contributed by atoms with Crippen LogP contribution in [0.1, 0.15) is 37.7 Å². The van der Waals surface area contributed by atoms with Crippen molar-refractivity contribution in [3.8, 4) is 11.1 Å². The van der Waals surface area contributed by atoms with Crippen molar-refractivity contribution >= 4 is 18.2 Å². The summed E-state index contributed by atoms with van der Waals surface area (Å²) >= 11 is 0. The predicted octanol–water partition coefficient (Wildman–Crippen LogP) is 4.45. The van der Waals surface area contributed by atoms with Crippen molar-refractivity contribution in [2.24, 2.45) is 4.99 Å². The number of hydrogen-bond acceptors (Lipinski definition) is 2. The lowest BCUT2D eigenvalue weighted by molar-refractivity contribution is 0.633. The van der Waals surface area contributed by atoms with Crippen molar-refractivity contribution in [2.45, 2.75) is 38.5 Å². The van der Waals surface area contributed by atoms with E-state index in [1.165, 1.54) is 48.2 Å². The number of rotatable bonds is 4. The Bertz CT molecular complexity index is 643. The molecule has 0 amide bonds. The molecule has 0 bridgehead atoms. The molecule has 3 rings (SSSR count). The van der Waals surface area contributed by atoms with Crippen molar-refractivity contribution in [3.63, 3.8) is 0 Å². The molecule has 25 heavy (non-hydrogen) atoms. The zero-order chi connectivity index (χ0) is 15.7. The minimum atomic E-state index is 0. The fourth-order valence-electron chi connectivity index (χ4n) is 3.17. The normalized spacial score (nSPS) is 14.2. The number of nitrogens with zero attached hydrogens (tertiary/aromatic N) is 1. The van der Waals surface area contributed by atoms with Crippen LogP contribution in [0.4, 0.5) is 0 Å². The minimum Gasteiger partial charge on any atom is -0.412 e. The first kappa shape index (κ1) is 21.2. The maximum absolute atomic E-state index is 4.70. The van der Waals surface area contributed by atoms with Crippen LogP contribution in [0.2, 0.25) is 0 Å². The number of benzene rings is 2. The van der Waals surface area contributed by atoms with Crippen LogP contribution >= 0.6 is 12.4 Å². The van der Waals surface area contributed by atoms with Gasteiger partial charge in [0.25, 0.3) is 0 Å². The standard InChI is InChI=1S/C21H26N2.ClH.H2O/c1-2-9-16-22-21(14-6-1)23-17-15-19-12-7-8-13-20(19)18-10-4-3-5-11-18;;/h3-5,7-8,10-13H,1-2,6,9,14-17H2,(H,22,23);1H;1H2. The average Bonchev–Trinajstić information content (AvgIpc) is 2.58. The zero-order valence-electron chi connectivity index (χ0n) is 14.7. The molecular weight excluding hydrogens is 332 g/mol. The Morgan fingerprint density at radius 1 is 0.840 bits per heavy atom. The largest absolute Gasteiger partial charge is 0.412 e. The van der Waals surface area contributed by atoms with Gasteiger partial charge in [-0.25, -0.2) is 0 Å². The molecule has 0 unspecified atom stereocenters. The highest BCUT2D eigenvalue weighted by molar-refractivity contribution is 5.85. The highest BCUT2D eigenvalue weighted by atomic mass is 35.5. The van der Waals surface area contributed by atoms with Gasteiger partial charge in [0, 0.05) is 19.5 Å². The van der Waals surface area contributed by atoms with E-state index in [9.17, 15) is 0 Å². The monoisotopic (exact) mass is 360 g/mol. The van der Waals surface area contributed by atoms with Gasteiger partial charge in [-0.1, -0.05) is 67.4 Å². The quantitative estimate of drug-likeness (QED) is 0.860. The second-order valence-electron chi connectivity index (χ2n) is 6.19. The Kier molecular flexibility index (Phi) is 9.90. The van der Waals surface area contributed by atoms with Gasteiger partial charge >= 0.3 is 0 Å². The molecule has 0 aromatic heterocycles. The van der Waals surface area contributed by atoms with Gasteiger partial charge in [0.15, 0.2) is 0 Å². The molecule has 1 aliphatic heterocycles. The van der Waals surface area contributed by atoms with Gasteiger partial charge in [-0.3, -0.25) is 4.99 Å². The molecule has 1 heterocycles. The summed E-state index contributed by atoms with van der Waals surface area (Å²) in [7, 11) is 0. The van der Waals surface area contributed by atoms with Crippen molar-refractivity contribution < 1.29 is 5.48 Å². The first-order valence-electron chi connectivity index (χ1n) is 8.84. The van der Waals surface area contributed by atoms with Crippen LogP contribution in [0.3, 0.4) is 0 Å². The fraction of sp³-hybridized carbons (Fsp3) is 0.381. The third kappa shape index (κ3) is 6.52. The molecule has 0 atom stereocenters. The topological polar surface area (TPSA) is 55.9 Å². The van der Waals surface area contributed by atoms with E-state index in [-0.39, 0.29) is 17.9 Å². The number of aliphatic imine (C=N–C) groups is 1. The first-order valence-corrected chi connectivity index (χ1v) is 8.84. The Hall–Kier alpha value is -1.84. The summed E-state index contributed by atoms with van der Waals surface area (Å²) in [6.45, 7) is 1.95. The van der Waals surface area contributed by atoms with Gasteiger partial charge in [-0.15, -0.1) is 12.4 Å². The minimum absolute atomic E-state index is 0. The zero-order valence-corrected chi connectivity index (χ0v) is 15.5. The van der Waals surface area contributed by atoms with Crippen molar-refractivity contribution in [1.29, 1.82) is 0 Å². The predicted molar refractivity (Wildman–Crippen MR) is 110 cm³/mol. The lowest BCUT2D eigenvalue weighted by atomic mass is 9.98. The lowest BCUT2D eigenvalue weighted by Crippen LogP contribution is -2.26. The second kappa shape index (κ2) is 11.7. The molecule has 3 N–H and O–H groups in total. The molecular formula is C21H29ClN2O. The van der Waals surface area contributed by atoms with Crippen molar-refractivity contribution in [1.82, 2.24) is 5.32 Å². The summed E-state index contributed by atoms with van der Waals surface area (Å²) in [4.78, 5) is 4.70.